The molecule has 0 aliphatic heterocycles. The van der Waals surface area contributed by atoms with E-state index in [0.29, 0.717) is 21.7 Å². The van der Waals surface area contributed by atoms with E-state index in [4.69, 9.17) is 21.4 Å². The molecule has 16 heavy (non-hydrogen) atoms. The zero-order valence-corrected chi connectivity index (χ0v) is 9.15. The number of hydrogen-bond donors (Lipinski definition) is 1. The number of halogens is 1. The number of carboxylic acids is 1. The number of rotatable bonds is 2. The molecule has 1 aromatic carbocycles. The number of carboxylic acid groups (broad SMARTS) is 1. The Morgan fingerprint density at radius 3 is 2.81 bits per heavy atom. The maximum Gasteiger partial charge on any atom is 0.354 e. The zero-order chi connectivity index (χ0) is 11.7. The Morgan fingerprint density at radius 2 is 2.19 bits per heavy atom. The van der Waals surface area contributed by atoms with Crippen LogP contribution in [-0.4, -0.2) is 23.2 Å². The van der Waals surface area contributed by atoms with Gasteiger partial charge in [0, 0.05) is 16.5 Å². The predicted molar refractivity (Wildman–Crippen MR) is 60.3 cm³/mol. The molecular weight excluding hydrogens is 230 g/mol. The number of carbonyl (C=O) groups is 1. The Kier molecular flexibility index (Phi) is 2.66. The van der Waals surface area contributed by atoms with Crippen LogP contribution < -0.4 is 4.74 Å². The van der Waals surface area contributed by atoms with Crippen molar-refractivity contribution in [2.24, 2.45) is 0 Å². The highest BCUT2D eigenvalue weighted by Crippen LogP contribution is 2.27. The van der Waals surface area contributed by atoms with Crippen LogP contribution in [0.2, 0.25) is 5.02 Å². The molecule has 0 unspecified atom stereocenters. The van der Waals surface area contributed by atoms with Crippen molar-refractivity contribution in [2.45, 2.75) is 0 Å². The quantitative estimate of drug-likeness (QED) is 0.872. The lowest BCUT2D eigenvalue weighted by atomic mass is 10.2. The third-order valence-corrected chi connectivity index (χ3v) is 2.41. The number of ether oxygens (including phenoxy) is 1. The number of benzene rings is 1. The van der Waals surface area contributed by atoms with Crippen LogP contribution in [0.4, 0.5) is 0 Å². The summed E-state index contributed by atoms with van der Waals surface area (Å²) in [6, 6.07) is 6.38. The SMILES string of the molecule is COc1cc(C(=O)O)nc2ccc(Cl)cc12. The van der Waals surface area contributed by atoms with Gasteiger partial charge in [-0.25, -0.2) is 9.78 Å². The molecule has 0 fully saturated rings. The zero-order valence-electron chi connectivity index (χ0n) is 8.40. The fraction of sp³-hybridized carbons (Fsp3) is 0.0909. The summed E-state index contributed by atoms with van der Waals surface area (Å²) in [5.41, 5.74) is 0.493. The largest absolute Gasteiger partial charge is 0.496 e. The molecule has 0 radical (unpaired) electrons. The highest BCUT2D eigenvalue weighted by atomic mass is 35.5. The Bertz CT molecular complexity index is 568. The van der Waals surface area contributed by atoms with Crippen LogP contribution in [0.25, 0.3) is 10.9 Å². The van der Waals surface area contributed by atoms with Gasteiger partial charge in [0.15, 0.2) is 5.69 Å². The van der Waals surface area contributed by atoms with Crippen molar-refractivity contribution in [2.75, 3.05) is 7.11 Å². The monoisotopic (exact) mass is 237 g/mol. The number of hydrogen-bond acceptors (Lipinski definition) is 3. The molecule has 0 saturated carbocycles. The van der Waals surface area contributed by atoms with Gasteiger partial charge in [-0.2, -0.15) is 0 Å². The summed E-state index contributed by atoms with van der Waals surface area (Å²) >= 11 is 5.85. The summed E-state index contributed by atoms with van der Waals surface area (Å²) < 4.78 is 5.11. The van der Waals surface area contributed by atoms with Crippen molar-refractivity contribution in [3.8, 4) is 5.75 Å². The molecule has 2 rings (SSSR count). The lowest BCUT2D eigenvalue weighted by Crippen LogP contribution is -2.01. The first-order valence-electron chi connectivity index (χ1n) is 4.49. The minimum atomic E-state index is -1.09. The fourth-order valence-corrected chi connectivity index (χ4v) is 1.62. The van der Waals surface area contributed by atoms with Crippen LogP contribution in [0.3, 0.4) is 0 Å². The summed E-state index contributed by atoms with van der Waals surface area (Å²) in [4.78, 5) is 14.8. The Labute approximate surface area is 96.4 Å². The van der Waals surface area contributed by atoms with Crippen LogP contribution >= 0.6 is 11.6 Å². The normalized spacial score (nSPS) is 10.4. The minimum absolute atomic E-state index is 0.0494. The number of methoxy groups -OCH3 is 1. The lowest BCUT2D eigenvalue weighted by molar-refractivity contribution is 0.0690. The third-order valence-electron chi connectivity index (χ3n) is 2.17. The van der Waals surface area contributed by atoms with Crippen LogP contribution in [0.1, 0.15) is 10.5 Å². The maximum atomic E-state index is 10.8. The highest BCUT2D eigenvalue weighted by molar-refractivity contribution is 6.31. The molecule has 1 aromatic heterocycles. The summed E-state index contributed by atoms with van der Waals surface area (Å²) in [5.74, 6) is -0.639. The van der Waals surface area contributed by atoms with Gasteiger partial charge in [-0.3, -0.25) is 0 Å². The molecule has 0 spiro atoms. The van der Waals surface area contributed by atoms with E-state index in [1.165, 1.54) is 13.2 Å². The van der Waals surface area contributed by atoms with Gasteiger partial charge in [-0.1, -0.05) is 11.6 Å². The first-order valence-corrected chi connectivity index (χ1v) is 4.87. The Hall–Kier alpha value is -1.81. The van der Waals surface area contributed by atoms with Crippen LogP contribution in [-0.2, 0) is 0 Å². The van der Waals surface area contributed by atoms with Crippen molar-refractivity contribution in [3.63, 3.8) is 0 Å². The van der Waals surface area contributed by atoms with Gasteiger partial charge in [0.25, 0.3) is 0 Å². The van der Waals surface area contributed by atoms with E-state index >= 15 is 0 Å². The molecular formula is C11H8ClNO3. The number of fused-ring (bicyclic) bond motifs is 1. The fourth-order valence-electron chi connectivity index (χ4n) is 1.45. The second-order valence-corrected chi connectivity index (χ2v) is 3.61. The van der Waals surface area contributed by atoms with Crippen molar-refractivity contribution < 1.29 is 14.6 Å². The molecule has 0 saturated heterocycles. The van der Waals surface area contributed by atoms with Gasteiger partial charge in [-0.05, 0) is 18.2 Å². The van der Waals surface area contributed by atoms with Crippen molar-refractivity contribution in [3.05, 3.63) is 35.0 Å². The third kappa shape index (κ3) is 1.79. The van der Waals surface area contributed by atoms with Gasteiger partial charge in [0.1, 0.15) is 5.75 Å². The molecule has 4 nitrogen and oxygen atoms in total. The molecule has 1 N–H and O–H groups in total. The Balaban J connectivity index is 2.78. The van der Waals surface area contributed by atoms with Crippen LogP contribution in [0, 0.1) is 0 Å². The lowest BCUT2D eigenvalue weighted by Gasteiger charge is -2.06. The molecule has 0 bridgehead atoms. The van der Waals surface area contributed by atoms with E-state index in [1.807, 2.05) is 0 Å². The Morgan fingerprint density at radius 1 is 1.44 bits per heavy atom. The van der Waals surface area contributed by atoms with E-state index < -0.39 is 5.97 Å². The second kappa shape index (κ2) is 3.98. The van der Waals surface area contributed by atoms with Gasteiger partial charge in [0.05, 0.1) is 12.6 Å². The molecule has 2 aromatic rings. The van der Waals surface area contributed by atoms with E-state index in [2.05, 4.69) is 4.98 Å². The van der Waals surface area contributed by atoms with Crippen molar-refractivity contribution in [1.82, 2.24) is 4.98 Å². The number of pyridine rings is 1. The van der Waals surface area contributed by atoms with Crippen molar-refractivity contribution >= 4 is 28.5 Å². The summed E-state index contributed by atoms with van der Waals surface area (Å²) in [6.07, 6.45) is 0. The van der Waals surface area contributed by atoms with Gasteiger partial charge in [0.2, 0.25) is 0 Å². The number of nitrogens with zero attached hydrogens (tertiary/aromatic N) is 1. The summed E-state index contributed by atoms with van der Waals surface area (Å²) in [7, 11) is 1.47. The van der Waals surface area contributed by atoms with Crippen LogP contribution in [0.15, 0.2) is 24.3 Å². The summed E-state index contributed by atoms with van der Waals surface area (Å²) in [6.45, 7) is 0. The average Bonchev–Trinajstić information content (AvgIpc) is 2.27. The molecule has 0 atom stereocenters. The number of aromatic nitrogens is 1. The van der Waals surface area contributed by atoms with E-state index in [0.717, 1.165) is 0 Å². The predicted octanol–water partition coefficient (Wildman–Crippen LogP) is 2.60. The van der Waals surface area contributed by atoms with Gasteiger partial charge in [-0.15, -0.1) is 0 Å². The van der Waals surface area contributed by atoms with E-state index in [9.17, 15) is 4.79 Å². The maximum absolute atomic E-state index is 10.8. The smallest absolute Gasteiger partial charge is 0.354 e. The molecule has 0 amide bonds. The van der Waals surface area contributed by atoms with Crippen molar-refractivity contribution in [1.29, 1.82) is 0 Å². The van der Waals surface area contributed by atoms with E-state index in [1.54, 1.807) is 18.2 Å². The summed E-state index contributed by atoms with van der Waals surface area (Å²) in [5, 5.41) is 10.1. The second-order valence-electron chi connectivity index (χ2n) is 3.18. The molecule has 5 heteroatoms. The van der Waals surface area contributed by atoms with Gasteiger partial charge >= 0.3 is 5.97 Å². The topological polar surface area (TPSA) is 59.4 Å². The van der Waals surface area contributed by atoms with Crippen LogP contribution in [0.5, 0.6) is 5.75 Å². The number of aromatic carboxylic acids is 1. The first-order chi connectivity index (χ1) is 7.61. The van der Waals surface area contributed by atoms with E-state index in [-0.39, 0.29) is 5.69 Å². The molecule has 0 aliphatic carbocycles. The average molecular weight is 238 g/mol. The minimum Gasteiger partial charge on any atom is -0.496 e. The molecule has 1 heterocycles. The highest BCUT2D eigenvalue weighted by Gasteiger charge is 2.11. The first kappa shape index (κ1) is 10.7. The standard InChI is InChI=1S/C11H8ClNO3/c1-16-10-5-9(11(14)15)13-8-3-2-6(12)4-7(8)10/h2-5H,1H3,(H,14,15). The molecule has 82 valence electrons. The van der Waals surface area contributed by atoms with Gasteiger partial charge < -0.3 is 9.84 Å². The molecule has 0 aliphatic rings.